The lowest BCUT2D eigenvalue weighted by atomic mass is 10.0. The minimum absolute atomic E-state index is 0.0251. The molecule has 0 spiro atoms. The fourth-order valence-corrected chi connectivity index (χ4v) is 4.99. The Morgan fingerprint density at radius 3 is 2.30 bits per heavy atom. The smallest absolute Gasteiger partial charge is 0.228 e. The summed E-state index contributed by atoms with van der Waals surface area (Å²) in [6, 6.07) is 19.2. The second kappa shape index (κ2) is 9.84. The van der Waals surface area contributed by atoms with Crippen molar-refractivity contribution >= 4 is 16.7 Å². The first kappa shape index (κ1) is 23.1. The molecule has 0 bridgehead atoms. The van der Waals surface area contributed by atoms with Crippen LogP contribution in [0.5, 0.6) is 11.5 Å². The molecule has 0 aromatic heterocycles. The van der Waals surface area contributed by atoms with Crippen molar-refractivity contribution < 1.29 is 14.3 Å². The van der Waals surface area contributed by atoms with Crippen LogP contribution in [0.25, 0.3) is 10.8 Å². The maximum atomic E-state index is 13.4. The standard InChI is InChI=1S/C28H34N2O3/c1-6-27(29(3)19(2)21-12-11-20-9-7-8-10-22(20)15-21)30-14-13-23-16-25(32-4)26(33-5)17-24(23)18-28(30)31/h7-12,15-17,19,27H,6,13-14,18H2,1-5H3. The van der Waals surface area contributed by atoms with Gasteiger partial charge in [0.1, 0.15) is 0 Å². The predicted octanol–water partition coefficient (Wildman–Crippen LogP) is 5.21. The summed E-state index contributed by atoms with van der Waals surface area (Å²) in [6.45, 7) is 5.07. The molecule has 1 aliphatic rings. The van der Waals surface area contributed by atoms with Crippen LogP contribution in [0.2, 0.25) is 0 Å². The van der Waals surface area contributed by atoms with Gasteiger partial charge in [0.05, 0.1) is 26.8 Å². The van der Waals surface area contributed by atoms with E-state index in [2.05, 4.69) is 73.2 Å². The number of rotatable bonds is 7. The molecule has 1 aliphatic heterocycles. The highest BCUT2D eigenvalue weighted by Crippen LogP contribution is 2.34. The van der Waals surface area contributed by atoms with E-state index in [9.17, 15) is 4.79 Å². The third-order valence-electron chi connectivity index (χ3n) is 7.05. The molecule has 4 rings (SSSR count). The van der Waals surface area contributed by atoms with E-state index >= 15 is 0 Å². The zero-order valence-electron chi connectivity index (χ0n) is 20.3. The molecule has 5 nitrogen and oxygen atoms in total. The minimum atomic E-state index is 0.0251. The fraction of sp³-hybridized carbons (Fsp3) is 0.393. The largest absolute Gasteiger partial charge is 0.493 e. The van der Waals surface area contributed by atoms with Gasteiger partial charge in [-0.1, -0.05) is 43.3 Å². The Balaban J connectivity index is 1.57. The molecule has 174 valence electrons. The van der Waals surface area contributed by atoms with Crippen LogP contribution in [0, 0.1) is 0 Å². The molecule has 1 amide bonds. The Labute approximate surface area is 196 Å². The normalized spacial score (nSPS) is 15.8. The number of amides is 1. The molecule has 0 fully saturated rings. The summed E-state index contributed by atoms with van der Waals surface area (Å²) in [5, 5.41) is 2.49. The number of carbonyl (C=O) groups excluding carboxylic acids is 1. The van der Waals surface area contributed by atoms with E-state index in [1.54, 1.807) is 14.2 Å². The highest BCUT2D eigenvalue weighted by atomic mass is 16.5. The Morgan fingerprint density at radius 1 is 0.970 bits per heavy atom. The van der Waals surface area contributed by atoms with E-state index in [4.69, 9.17) is 9.47 Å². The second-order valence-corrected chi connectivity index (χ2v) is 8.83. The highest BCUT2D eigenvalue weighted by molar-refractivity contribution is 5.83. The van der Waals surface area contributed by atoms with Crippen LogP contribution in [0.3, 0.4) is 0 Å². The molecular weight excluding hydrogens is 412 g/mol. The average molecular weight is 447 g/mol. The highest BCUT2D eigenvalue weighted by Gasteiger charge is 2.31. The van der Waals surface area contributed by atoms with E-state index in [1.807, 2.05) is 12.1 Å². The molecule has 0 radical (unpaired) electrons. The molecule has 0 N–H and O–H groups in total. The number of nitrogens with zero attached hydrogens (tertiary/aromatic N) is 2. The van der Waals surface area contributed by atoms with Crippen LogP contribution >= 0.6 is 0 Å². The van der Waals surface area contributed by atoms with Gasteiger partial charge in [-0.15, -0.1) is 0 Å². The number of hydrogen-bond donors (Lipinski definition) is 0. The zero-order valence-corrected chi connectivity index (χ0v) is 20.3. The summed E-state index contributed by atoms with van der Waals surface area (Å²) in [4.78, 5) is 17.8. The summed E-state index contributed by atoms with van der Waals surface area (Å²) in [7, 11) is 5.41. The van der Waals surface area contributed by atoms with Crippen molar-refractivity contribution in [3.8, 4) is 11.5 Å². The van der Waals surface area contributed by atoms with Gasteiger partial charge in [-0.2, -0.15) is 0 Å². The van der Waals surface area contributed by atoms with Crippen molar-refractivity contribution in [2.75, 3.05) is 27.8 Å². The van der Waals surface area contributed by atoms with Crippen LogP contribution in [0.15, 0.2) is 54.6 Å². The maximum absolute atomic E-state index is 13.4. The van der Waals surface area contributed by atoms with Gasteiger partial charge in [0.2, 0.25) is 5.91 Å². The average Bonchev–Trinajstić information content (AvgIpc) is 3.00. The molecule has 3 aromatic rings. The molecule has 2 atom stereocenters. The first-order chi connectivity index (χ1) is 16.0. The van der Waals surface area contributed by atoms with Gasteiger partial charge in [-0.05, 0) is 72.5 Å². The minimum Gasteiger partial charge on any atom is -0.493 e. The number of hydrogen-bond acceptors (Lipinski definition) is 4. The number of benzene rings is 3. The third kappa shape index (κ3) is 4.55. The van der Waals surface area contributed by atoms with E-state index in [0.717, 1.165) is 24.0 Å². The van der Waals surface area contributed by atoms with Gasteiger partial charge >= 0.3 is 0 Å². The number of ether oxygens (including phenoxy) is 2. The van der Waals surface area contributed by atoms with Crippen LogP contribution < -0.4 is 9.47 Å². The SMILES string of the molecule is CCC(N1CCc2cc(OC)c(OC)cc2CC1=O)N(C)C(C)c1ccc2ccccc2c1. The summed E-state index contributed by atoms with van der Waals surface area (Å²) >= 11 is 0. The van der Waals surface area contributed by atoms with Crippen molar-refractivity contribution in [2.45, 2.75) is 45.3 Å². The quantitative estimate of drug-likeness (QED) is 0.499. The zero-order chi connectivity index (χ0) is 23.5. The molecule has 0 saturated carbocycles. The lowest BCUT2D eigenvalue weighted by molar-refractivity contribution is -0.137. The lowest BCUT2D eigenvalue weighted by Gasteiger charge is -2.40. The van der Waals surface area contributed by atoms with Crippen LogP contribution in [-0.2, 0) is 17.6 Å². The molecule has 5 heteroatoms. The van der Waals surface area contributed by atoms with Crippen LogP contribution in [-0.4, -0.2) is 49.7 Å². The van der Waals surface area contributed by atoms with Gasteiger partial charge in [0, 0.05) is 12.6 Å². The van der Waals surface area contributed by atoms with Gasteiger partial charge in [-0.25, -0.2) is 0 Å². The van der Waals surface area contributed by atoms with Crippen LogP contribution in [0.1, 0.15) is 43.0 Å². The first-order valence-electron chi connectivity index (χ1n) is 11.7. The lowest BCUT2D eigenvalue weighted by Crippen LogP contribution is -2.50. The molecule has 3 aromatic carbocycles. The summed E-state index contributed by atoms with van der Waals surface area (Å²) in [6.07, 6.45) is 2.07. The van der Waals surface area contributed by atoms with E-state index in [-0.39, 0.29) is 18.1 Å². The Bertz CT molecular complexity index is 1140. The Hall–Kier alpha value is -3.05. The van der Waals surface area contributed by atoms with Gasteiger partial charge < -0.3 is 14.4 Å². The summed E-state index contributed by atoms with van der Waals surface area (Å²) in [5.41, 5.74) is 3.44. The number of fused-ring (bicyclic) bond motifs is 2. The Kier molecular flexibility index (Phi) is 6.89. The van der Waals surface area contributed by atoms with Crippen molar-refractivity contribution in [1.29, 1.82) is 0 Å². The molecule has 0 aliphatic carbocycles. The molecule has 33 heavy (non-hydrogen) atoms. The van der Waals surface area contributed by atoms with Gasteiger partial charge in [0.15, 0.2) is 11.5 Å². The molecule has 0 saturated heterocycles. The summed E-state index contributed by atoms with van der Waals surface area (Å²) < 4.78 is 10.9. The van der Waals surface area contributed by atoms with Crippen molar-refractivity contribution in [3.05, 3.63) is 71.3 Å². The molecule has 2 unspecified atom stereocenters. The van der Waals surface area contributed by atoms with E-state index < -0.39 is 0 Å². The fourth-order valence-electron chi connectivity index (χ4n) is 4.99. The van der Waals surface area contributed by atoms with Crippen molar-refractivity contribution in [3.63, 3.8) is 0 Å². The number of carbonyl (C=O) groups is 1. The second-order valence-electron chi connectivity index (χ2n) is 8.83. The van der Waals surface area contributed by atoms with Crippen molar-refractivity contribution in [2.24, 2.45) is 0 Å². The van der Waals surface area contributed by atoms with E-state index in [0.29, 0.717) is 24.5 Å². The Morgan fingerprint density at radius 2 is 1.64 bits per heavy atom. The molecular formula is C28H34N2O3. The monoisotopic (exact) mass is 446 g/mol. The maximum Gasteiger partial charge on any atom is 0.228 e. The first-order valence-corrected chi connectivity index (χ1v) is 11.7. The number of methoxy groups -OCH3 is 2. The van der Waals surface area contributed by atoms with Crippen LogP contribution in [0.4, 0.5) is 0 Å². The van der Waals surface area contributed by atoms with Crippen molar-refractivity contribution in [1.82, 2.24) is 9.80 Å². The predicted molar refractivity (Wildman–Crippen MR) is 133 cm³/mol. The third-order valence-corrected chi connectivity index (χ3v) is 7.05. The molecule has 1 heterocycles. The van der Waals surface area contributed by atoms with E-state index in [1.165, 1.54) is 16.3 Å². The topological polar surface area (TPSA) is 42.0 Å². The summed E-state index contributed by atoms with van der Waals surface area (Å²) in [5.74, 6) is 1.54. The van der Waals surface area contributed by atoms with Gasteiger partial charge in [0.25, 0.3) is 0 Å². The van der Waals surface area contributed by atoms with Gasteiger partial charge in [-0.3, -0.25) is 9.69 Å².